The lowest BCUT2D eigenvalue weighted by molar-refractivity contribution is 0.102. The molecule has 2 aromatic heterocycles. The second-order valence-corrected chi connectivity index (χ2v) is 6.72. The zero-order valence-corrected chi connectivity index (χ0v) is 14.4. The quantitative estimate of drug-likeness (QED) is 0.503. The molecule has 0 radical (unpaired) electrons. The van der Waals surface area contributed by atoms with Crippen molar-refractivity contribution >= 4 is 34.0 Å². The molecule has 26 heavy (non-hydrogen) atoms. The van der Waals surface area contributed by atoms with Crippen LogP contribution in [0.2, 0.25) is 0 Å². The van der Waals surface area contributed by atoms with Crippen LogP contribution in [-0.4, -0.2) is 15.9 Å². The van der Waals surface area contributed by atoms with E-state index in [1.54, 1.807) is 53.8 Å². The summed E-state index contributed by atoms with van der Waals surface area (Å²) in [5.74, 6) is 0.480. The Balaban J connectivity index is 1.42. The molecule has 0 spiro atoms. The van der Waals surface area contributed by atoms with Gasteiger partial charge in [0, 0.05) is 16.1 Å². The van der Waals surface area contributed by atoms with Crippen molar-refractivity contribution in [3.8, 4) is 5.75 Å². The Morgan fingerprint density at radius 2 is 1.85 bits per heavy atom. The van der Waals surface area contributed by atoms with Crippen LogP contribution < -0.4 is 15.7 Å². The molecule has 0 aliphatic heterocycles. The highest BCUT2D eigenvalue weighted by molar-refractivity contribution is 7.09. The average Bonchev–Trinajstić information content (AvgIpc) is 3.28. The van der Waals surface area contributed by atoms with E-state index in [0.29, 0.717) is 34.6 Å². The fourth-order valence-electron chi connectivity index (χ4n) is 2.57. The van der Waals surface area contributed by atoms with E-state index in [0.717, 1.165) is 4.88 Å². The number of fused-ring (bicyclic) bond motifs is 1. The number of aromatic nitrogens is 2. The van der Waals surface area contributed by atoms with E-state index in [4.69, 9.17) is 4.74 Å². The molecule has 2 aromatic carbocycles. The monoisotopic (exact) mass is 365 g/mol. The van der Waals surface area contributed by atoms with E-state index in [1.165, 1.54) is 0 Å². The van der Waals surface area contributed by atoms with Gasteiger partial charge in [0.2, 0.25) is 0 Å². The van der Waals surface area contributed by atoms with E-state index < -0.39 is 0 Å². The van der Waals surface area contributed by atoms with Gasteiger partial charge in [-0.25, -0.2) is 4.79 Å². The summed E-state index contributed by atoms with van der Waals surface area (Å²) in [5.41, 5.74) is 2.19. The molecular formula is C19H15N3O3S. The Hall–Kier alpha value is -3.32. The van der Waals surface area contributed by atoms with Crippen molar-refractivity contribution in [2.45, 2.75) is 6.61 Å². The molecule has 4 aromatic rings. The molecule has 130 valence electrons. The van der Waals surface area contributed by atoms with Crippen LogP contribution in [-0.2, 0) is 6.61 Å². The van der Waals surface area contributed by atoms with Crippen LogP contribution in [0.5, 0.6) is 5.75 Å². The first-order valence-electron chi connectivity index (χ1n) is 7.96. The average molecular weight is 365 g/mol. The zero-order valence-electron chi connectivity index (χ0n) is 13.6. The minimum absolute atomic E-state index is 0.230. The first-order valence-corrected chi connectivity index (χ1v) is 8.84. The fraction of sp³-hybridized carbons (Fsp3) is 0.0526. The number of carbonyl (C=O) groups excluding carboxylic acids is 1. The molecule has 0 saturated heterocycles. The van der Waals surface area contributed by atoms with E-state index in [1.807, 2.05) is 17.5 Å². The summed E-state index contributed by atoms with van der Waals surface area (Å²) in [6.07, 6.45) is 0. The summed E-state index contributed by atoms with van der Waals surface area (Å²) < 4.78 is 5.70. The van der Waals surface area contributed by atoms with Crippen molar-refractivity contribution in [2.75, 3.05) is 5.32 Å². The Morgan fingerprint density at radius 3 is 2.62 bits per heavy atom. The highest BCUT2D eigenvalue weighted by Gasteiger charge is 2.08. The number of carbonyl (C=O) groups is 1. The number of rotatable bonds is 5. The third-order valence-electron chi connectivity index (χ3n) is 3.85. The first-order chi connectivity index (χ1) is 12.7. The molecule has 0 bridgehead atoms. The molecule has 0 unspecified atom stereocenters. The highest BCUT2D eigenvalue weighted by atomic mass is 32.1. The number of anilines is 1. The van der Waals surface area contributed by atoms with Gasteiger partial charge >= 0.3 is 5.69 Å². The normalized spacial score (nSPS) is 10.8. The maximum Gasteiger partial charge on any atom is 0.323 e. The Morgan fingerprint density at radius 1 is 1.04 bits per heavy atom. The molecule has 7 heteroatoms. The number of amides is 1. The van der Waals surface area contributed by atoms with Crippen LogP contribution >= 0.6 is 11.3 Å². The van der Waals surface area contributed by atoms with Gasteiger partial charge in [-0.2, -0.15) is 0 Å². The number of hydrogen-bond donors (Lipinski definition) is 3. The lowest BCUT2D eigenvalue weighted by atomic mass is 10.2. The standard InChI is InChI=1S/C19H15N3O3S/c23-18(20-13-5-8-16-17(10-13)22-19(24)21-16)12-3-6-14(7-4-12)25-11-15-2-1-9-26-15/h1-10H,11H2,(H,20,23)(H2,21,22,24). The van der Waals surface area contributed by atoms with Crippen LogP contribution in [0.4, 0.5) is 5.69 Å². The van der Waals surface area contributed by atoms with Crippen molar-refractivity contribution in [3.63, 3.8) is 0 Å². The molecule has 0 saturated carbocycles. The van der Waals surface area contributed by atoms with Gasteiger partial charge in [0.15, 0.2) is 0 Å². The second kappa shape index (κ2) is 6.89. The Kier molecular flexibility index (Phi) is 4.28. The molecular weight excluding hydrogens is 350 g/mol. The van der Waals surface area contributed by atoms with Crippen molar-refractivity contribution in [3.05, 3.63) is 80.9 Å². The molecule has 0 aliphatic carbocycles. The lowest BCUT2D eigenvalue weighted by Gasteiger charge is -2.07. The topological polar surface area (TPSA) is 87.0 Å². The van der Waals surface area contributed by atoms with E-state index >= 15 is 0 Å². The maximum absolute atomic E-state index is 12.4. The van der Waals surface area contributed by atoms with Gasteiger partial charge in [-0.3, -0.25) is 4.79 Å². The predicted molar refractivity (Wildman–Crippen MR) is 102 cm³/mol. The van der Waals surface area contributed by atoms with Crippen molar-refractivity contribution in [1.82, 2.24) is 9.97 Å². The molecule has 0 aliphatic rings. The van der Waals surface area contributed by atoms with Crippen LogP contribution in [0, 0.1) is 0 Å². The molecule has 0 atom stereocenters. The predicted octanol–water partition coefficient (Wildman–Crippen LogP) is 3.75. The molecule has 2 heterocycles. The zero-order chi connectivity index (χ0) is 17.9. The number of imidazole rings is 1. The molecule has 1 amide bonds. The molecule has 4 rings (SSSR count). The van der Waals surface area contributed by atoms with Gasteiger partial charge in [-0.1, -0.05) is 6.07 Å². The third kappa shape index (κ3) is 3.52. The van der Waals surface area contributed by atoms with Gasteiger partial charge in [-0.05, 0) is 53.9 Å². The fourth-order valence-corrected chi connectivity index (χ4v) is 3.18. The molecule has 3 N–H and O–H groups in total. The number of H-pyrrole nitrogens is 2. The van der Waals surface area contributed by atoms with Crippen molar-refractivity contribution in [1.29, 1.82) is 0 Å². The summed E-state index contributed by atoms with van der Waals surface area (Å²) in [7, 11) is 0. The van der Waals surface area contributed by atoms with Gasteiger partial charge < -0.3 is 20.0 Å². The minimum atomic E-state index is -0.276. The van der Waals surface area contributed by atoms with Crippen molar-refractivity contribution < 1.29 is 9.53 Å². The smallest absolute Gasteiger partial charge is 0.323 e. The number of aromatic amines is 2. The lowest BCUT2D eigenvalue weighted by Crippen LogP contribution is -2.11. The summed E-state index contributed by atoms with van der Waals surface area (Å²) in [4.78, 5) is 30.1. The number of hydrogen-bond acceptors (Lipinski definition) is 4. The van der Waals surface area contributed by atoms with E-state index in [-0.39, 0.29) is 11.6 Å². The van der Waals surface area contributed by atoms with Crippen LogP contribution in [0.15, 0.2) is 64.8 Å². The third-order valence-corrected chi connectivity index (χ3v) is 4.70. The summed E-state index contributed by atoms with van der Waals surface area (Å²) in [6, 6.07) is 16.2. The largest absolute Gasteiger partial charge is 0.488 e. The van der Waals surface area contributed by atoms with Gasteiger partial charge in [0.05, 0.1) is 11.0 Å². The van der Waals surface area contributed by atoms with Crippen LogP contribution in [0.25, 0.3) is 11.0 Å². The summed E-state index contributed by atoms with van der Waals surface area (Å²) in [5, 5.41) is 4.83. The molecule has 6 nitrogen and oxygen atoms in total. The minimum Gasteiger partial charge on any atom is -0.488 e. The first kappa shape index (κ1) is 16.2. The van der Waals surface area contributed by atoms with Crippen LogP contribution in [0.1, 0.15) is 15.2 Å². The maximum atomic E-state index is 12.4. The molecule has 0 fully saturated rings. The van der Waals surface area contributed by atoms with E-state index in [2.05, 4.69) is 15.3 Å². The van der Waals surface area contributed by atoms with Gasteiger partial charge in [-0.15, -0.1) is 11.3 Å². The van der Waals surface area contributed by atoms with E-state index in [9.17, 15) is 9.59 Å². The van der Waals surface area contributed by atoms with Gasteiger partial charge in [0.25, 0.3) is 5.91 Å². The Bertz CT molecular complexity index is 1100. The summed E-state index contributed by atoms with van der Waals surface area (Å²) >= 11 is 1.64. The number of thiophene rings is 1. The number of ether oxygens (including phenoxy) is 1. The second-order valence-electron chi connectivity index (χ2n) is 5.69. The number of nitrogens with one attached hydrogen (secondary N) is 3. The van der Waals surface area contributed by atoms with Crippen molar-refractivity contribution in [2.24, 2.45) is 0 Å². The van der Waals surface area contributed by atoms with Gasteiger partial charge in [0.1, 0.15) is 12.4 Å². The Labute approximate surface area is 152 Å². The summed E-state index contributed by atoms with van der Waals surface area (Å²) in [6.45, 7) is 0.512. The highest BCUT2D eigenvalue weighted by Crippen LogP contribution is 2.18. The SMILES string of the molecule is O=C(Nc1ccc2[nH]c(=O)[nH]c2c1)c1ccc(OCc2cccs2)cc1. The van der Waals surface area contributed by atoms with Crippen LogP contribution in [0.3, 0.4) is 0 Å². The number of benzene rings is 2.